The molecule has 22 heavy (non-hydrogen) atoms. The zero-order valence-electron chi connectivity index (χ0n) is 12.2. The lowest BCUT2D eigenvalue weighted by molar-refractivity contribution is -0.117. The second kappa shape index (κ2) is 5.30. The fourth-order valence-corrected chi connectivity index (χ4v) is 3.06. The Morgan fingerprint density at radius 3 is 2.41 bits per heavy atom. The van der Waals surface area contributed by atoms with E-state index in [9.17, 15) is 4.79 Å². The van der Waals surface area contributed by atoms with E-state index in [4.69, 9.17) is 0 Å². The highest BCUT2D eigenvalue weighted by Crippen LogP contribution is 2.47. The quantitative estimate of drug-likeness (QED) is 0.750. The Morgan fingerprint density at radius 1 is 0.864 bits per heavy atom. The molecule has 1 saturated carbocycles. The summed E-state index contributed by atoms with van der Waals surface area (Å²) in [6.45, 7) is 0. The van der Waals surface area contributed by atoms with Gasteiger partial charge < -0.3 is 5.32 Å². The van der Waals surface area contributed by atoms with Crippen LogP contribution in [0.25, 0.3) is 10.8 Å². The molecule has 1 amide bonds. The van der Waals surface area contributed by atoms with Crippen molar-refractivity contribution in [2.24, 2.45) is 5.92 Å². The Bertz CT molecular complexity index is 825. The molecule has 2 unspecified atom stereocenters. The minimum absolute atomic E-state index is 0.105. The van der Waals surface area contributed by atoms with E-state index in [2.05, 4.69) is 29.6 Å². The van der Waals surface area contributed by atoms with Gasteiger partial charge in [-0.15, -0.1) is 0 Å². The smallest absolute Gasteiger partial charge is 0.228 e. The molecule has 2 heteroatoms. The van der Waals surface area contributed by atoms with Gasteiger partial charge in [0.05, 0.1) is 0 Å². The van der Waals surface area contributed by atoms with Gasteiger partial charge in [-0.3, -0.25) is 4.79 Å². The molecule has 0 saturated heterocycles. The number of fused-ring (bicyclic) bond motifs is 1. The van der Waals surface area contributed by atoms with E-state index in [1.165, 1.54) is 10.9 Å². The van der Waals surface area contributed by atoms with Crippen molar-refractivity contribution < 1.29 is 4.79 Å². The highest BCUT2D eigenvalue weighted by Gasteiger charge is 2.43. The Kier molecular flexibility index (Phi) is 3.15. The summed E-state index contributed by atoms with van der Waals surface area (Å²) in [7, 11) is 0. The van der Waals surface area contributed by atoms with Crippen molar-refractivity contribution in [1.29, 1.82) is 0 Å². The summed E-state index contributed by atoms with van der Waals surface area (Å²) in [5, 5.41) is 5.39. The van der Waals surface area contributed by atoms with Crippen LogP contribution in [-0.4, -0.2) is 5.91 Å². The summed E-state index contributed by atoms with van der Waals surface area (Å²) in [4.78, 5) is 12.4. The molecule has 3 aromatic carbocycles. The fraction of sp³-hybridized carbons (Fsp3) is 0.150. The first-order valence-corrected chi connectivity index (χ1v) is 7.66. The van der Waals surface area contributed by atoms with Crippen LogP contribution in [0, 0.1) is 5.92 Å². The SMILES string of the molecule is O=C(Nc1ccc2ccccc2c1)C1CC1c1ccccc1. The van der Waals surface area contributed by atoms with Gasteiger partial charge in [0.2, 0.25) is 5.91 Å². The minimum atomic E-state index is 0.105. The van der Waals surface area contributed by atoms with E-state index in [0.29, 0.717) is 5.92 Å². The summed E-state index contributed by atoms with van der Waals surface area (Å²) in [6, 6.07) is 24.5. The molecule has 0 heterocycles. The van der Waals surface area contributed by atoms with Gasteiger partial charge in [0.15, 0.2) is 0 Å². The van der Waals surface area contributed by atoms with Gasteiger partial charge in [-0.1, -0.05) is 60.7 Å². The predicted octanol–water partition coefficient (Wildman–Crippen LogP) is 4.58. The van der Waals surface area contributed by atoms with E-state index in [0.717, 1.165) is 17.5 Å². The van der Waals surface area contributed by atoms with Gasteiger partial charge in [0.25, 0.3) is 0 Å². The third-order valence-corrected chi connectivity index (χ3v) is 4.37. The van der Waals surface area contributed by atoms with Crippen LogP contribution < -0.4 is 5.32 Å². The molecule has 4 rings (SSSR count). The van der Waals surface area contributed by atoms with Gasteiger partial charge in [0.1, 0.15) is 0 Å². The van der Waals surface area contributed by atoms with Crippen LogP contribution in [0.3, 0.4) is 0 Å². The first-order chi connectivity index (χ1) is 10.8. The summed E-state index contributed by atoms with van der Waals surface area (Å²) in [5.41, 5.74) is 2.14. The average Bonchev–Trinajstić information content (AvgIpc) is 3.36. The maximum atomic E-state index is 12.4. The number of hydrogen-bond acceptors (Lipinski definition) is 1. The molecule has 3 aromatic rings. The third kappa shape index (κ3) is 2.48. The van der Waals surface area contributed by atoms with E-state index < -0.39 is 0 Å². The van der Waals surface area contributed by atoms with Crippen LogP contribution in [0.2, 0.25) is 0 Å². The molecule has 0 aromatic heterocycles. The minimum Gasteiger partial charge on any atom is -0.326 e. The fourth-order valence-electron chi connectivity index (χ4n) is 3.06. The normalized spacial score (nSPS) is 19.8. The second-order valence-corrected chi connectivity index (χ2v) is 5.91. The number of amides is 1. The molecule has 1 aliphatic rings. The number of anilines is 1. The van der Waals surface area contributed by atoms with Crippen LogP contribution in [-0.2, 0) is 4.79 Å². The summed E-state index contributed by atoms with van der Waals surface area (Å²) < 4.78 is 0. The van der Waals surface area contributed by atoms with E-state index in [1.807, 2.05) is 48.5 Å². The lowest BCUT2D eigenvalue weighted by Gasteiger charge is -2.06. The highest BCUT2D eigenvalue weighted by atomic mass is 16.2. The molecule has 2 nitrogen and oxygen atoms in total. The number of rotatable bonds is 3. The first-order valence-electron chi connectivity index (χ1n) is 7.66. The molecule has 108 valence electrons. The highest BCUT2D eigenvalue weighted by molar-refractivity contribution is 5.97. The zero-order valence-corrected chi connectivity index (χ0v) is 12.2. The van der Waals surface area contributed by atoms with Gasteiger partial charge in [-0.25, -0.2) is 0 Å². The molecule has 0 radical (unpaired) electrons. The first kappa shape index (κ1) is 13.1. The lowest BCUT2D eigenvalue weighted by atomic mass is 10.1. The van der Waals surface area contributed by atoms with E-state index in [1.54, 1.807) is 0 Å². The molecule has 1 N–H and O–H groups in total. The van der Waals surface area contributed by atoms with Crippen molar-refractivity contribution in [2.45, 2.75) is 12.3 Å². The summed E-state index contributed by atoms with van der Waals surface area (Å²) in [6.07, 6.45) is 0.948. The Hall–Kier alpha value is -2.61. The van der Waals surface area contributed by atoms with Gasteiger partial charge >= 0.3 is 0 Å². The van der Waals surface area contributed by atoms with Crippen molar-refractivity contribution in [3.05, 3.63) is 78.4 Å². The number of carbonyl (C=O) groups is 1. The van der Waals surface area contributed by atoms with Crippen LogP contribution in [0.4, 0.5) is 5.69 Å². The number of hydrogen-bond donors (Lipinski definition) is 1. The maximum Gasteiger partial charge on any atom is 0.228 e. The van der Waals surface area contributed by atoms with E-state index in [-0.39, 0.29) is 11.8 Å². The van der Waals surface area contributed by atoms with Crippen LogP contribution >= 0.6 is 0 Å². The number of benzene rings is 3. The van der Waals surface area contributed by atoms with Crippen molar-refractivity contribution in [3.63, 3.8) is 0 Å². The standard InChI is InChI=1S/C20H17NO/c22-20(19-13-18(19)15-7-2-1-3-8-15)21-17-11-10-14-6-4-5-9-16(14)12-17/h1-12,18-19H,13H2,(H,21,22). The molecule has 0 aliphatic heterocycles. The summed E-state index contributed by atoms with van der Waals surface area (Å²) in [5.74, 6) is 0.611. The lowest BCUT2D eigenvalue weighted by Crippen LogP contribution is -2.14. The molecule has 2 atom stereocenters. The Morgan fingerprint density at radius 2 is 1.59 bits per heavy atom. The molecule has 1 fully saturated rings. The molecular weight excluding hydrogens is 270 g/mol. The van der Waals surface area contributed by atoms with E-state index >= 15 is 0 Å². The maximum absolute atomic E-state index is 12.4. The largest absolute Gasteiger partial charge is 0.326 e. The summed E-state index contributed by atoms with van der Waals surface area (Å²) >= 11 is 0. The van der Waals surface area contributed by atoms with Gasteiger partial charge in [-0.05, 0) is 40.8 Å². The van der Waals surface area contributed by atoms with Gasteiger partial charge in [0, 0.05) is 11.6 Å². The molecule has 0 bridgehead atoms. The monoisotopic (exact) mass is 287 g/mol. The van der Waals surface area contributed by atoms with Crippen LogP contribution in [0.15, 0.2) is 72.8 Å². The van der Waals surface area contributed by atoms with Crippen molar-refractivity contribution in [1.82, 2.24) is 0 Å². The van der Waals surface area contributed by atoms with Crippen molar-refractivity contribution in [3.8, 4) is 0 Å². The van der Waals surface area contributed by atoms with Crippen LogP contribution in [0.5, 0.6) is 0 Å². The van der Waals surface area contributed by atoms with Crippen LogP contribution in [0.1, 0.15) is 17.9 Å². The molecular formula is C20H17NO. The molecule has 1 aliphatic carbocycles. The second-order valence-electron chi connectivity index (χ2n) is 5.91. The van der Waals surface area contributed by atoms with Gasteiger partial charge in [-0.2, -0.15) is 0 Å². The predicted molar refractivity (Wildman–Crippen MR) is 89.9 cm³/mol. The van der Waals surface area contributed by atoms with Crippen molar-refractivity contribution >= 4 is 22.4 Å². The number of nitrogens with one attached hydrogen (secondary N) is 1. The topological polar surface area (TPSA) is 29.1 Å². The Labute approximate surface area is 129 Å². The number of carbonyl (C=O) groups excluding carboxylic acids is 1. The van der Waals surface area contributed by atoms with Crippen molar-refractivity contribution in [2.75, 3.05) is 5.32 Å². The Balaban J connectivity index is 1.48. The molecule has 0 spiro atoms. The third-order valence-electron chi connectivity index (χ3n) is 4.37. The average molecular weight is 287 g/mol. The zero-order chi connectivity index (χ0) is 14.9.